The van der Waals surface area contributed by atoms with Crippen LogP contribution in [0.4, 0.5) is 0 Å². The van der Waals surface area contributed by atoms with E-state index >= 15 is 0 Å². The maximum Gasteiger partial charge on any atom is -0.0417 e. The fourth-order valence-electron chi connectivity index (χ4n) is 2.11. The first-order valence-electron chi connectivity index (χ1n) is 8.85. The molecular formula is C18H40. The minimum atomic E-state index is 1.12. The highest BCUT2D eigenvalue weighted by molar-refractivity contribution is 4.66. The topological polar surface area (TPSA) is 0 Å². The SMILES string of the molecule is CC.CCC1CCC1.CCCCCCCCCC. The summed E-state index contributed by atoms with van der Waals surface area (Å²) in [6, 6.07) is 0. The Morgan fingerprint density at radius 2 is 1.06 bits per heavy atom. The van der Waals surface area contributed by atoms with Gasteiger partial charge in [0.1, 0.15) is 0 Å². The summed E-state index contributed by atoms with van der Waals surface area (Å²) in [5.74, 6) is 1.12. The molecule has 0 spiro atoms. The molecule has 18 heavy (non-hydrogen) atoms. The maximum absolute atomic E-state index is 2.28. The van der Waals surface area contributed by atoms with Gasteiger partial charge >= 0.3 is 0 Å². The molecule has 0 aromatic rings. The van der Waals surface area contributed by atoms with Crippen molar-refractivity contribution in [2.75, 3.05) is 0 Å². The van der Waals surface area contributed by atoms with Crippen LogP contribution < -0.4 is 0 Å². The number of hydrogen-bond donors (Lipinski definition) is 0. The summed E-state index contributed by atoms with van der Waals surface area (Å²) in [5.41, 5.74) is 0. The molecule has 1 fully saturated rings. The van der Waals surface area contributed by atoms with Gasteiger partial charge in [0.2, 0.25) is 0 Å². The van der Waals surface area contributed by atoms with Gasteiger partial charge in [0.25, 0.3) is 0 Å². The lowest BCUT2D eigenvalue weighted by atomic mass is 9.84. The Bertz CT molecular complexity index is 102. The molecule has 0 aromatic heterocycles. The summed E-state index contributed by atoms with van der Waals surface area (Å²) < 4.78 is 0. The number of rotatable bonds is 8. The van der Waals surface area contributed by atoms with E-state index in [2.05, 4.69) is 20.8 Å². The summed E-state index contributed by atoms with van der Waals surface area (Å²) in [6.45, 7) is 10.8. The van der Waals surface area contributed by atoms with Gasteiger partial charge in [0.15, 0.2) is 0 Å². The summed E-state index contributed by atoms with van der Waals surface area (Å²) >= 11 is 0. The van der Waals surface area contributed by atoms with Crippen molar-refractivity contribution in [3.63, 3.8) is 0 Å². The van der Waals surface area contributed by atoms with E-state index in [-0.39, 0.29) is 0 Å². The molecule has 1 aliphatic carbocycles. The normalized spacial score (nSPS) is 13.8. The van der Waals surface area contributed by atoms with E-state index in [1.165, 1.54) is 77.0 Å². The van der Waals surface area contributed by atoms with Gasteiger partial charge in [-0.15, -0.1) is 0 Å². The molecule has 1 aliphatic rings. The van der Waals surface area contributed by atoms with Crippen molar-refractivity contribution in [1.82, 2.24) is 0 Å². The van der Waals surface area contributed by atoms with Crippen LogP contribution in [0, 0.1) is 5.92 Å². The summed E-state index contributed by atoms with van der Waals surface area (Å²) in [6.07, 6.45) is 17.4. The first-order chi connectivity index (χ1) is 8.85. The van der Waals surface area contributed by atoms with Crippen LogP contribution in [0.25, 0.3) is 0 Å². The highest BCUT2D eigenvalue weighted by atomic mass is 14.2. The standard InChI is InChI=1S/C10H22.C6H12.C2H6/c1-3-5-7-9-10-8-6-4-2;1-2-6-4-3-5-6;1-2/h3-10H2,1-2H3;6H,2-5H2,1H3;1-2H3. The Balaban J connectivity index is 0. The zero-order valence-corrected chi connectivity index (χ0v) is 14.1. The smallest absolute Gasteiger partial charge is 0.0417 e. The summed E-state index contributed by atoms with van der Waals surface area (Å²) in [7, 11) is 0. The first-order valence-corrected chi connectivity index (χ1v) is 8.85. The van der Waals surface area contributed by atoms with Crippen LogP contribution >= 0.6 is 0 Å². The van der Waals surface area contributed by atoms with Crippen LogP contribution in [-0.2, 0) is 0 Å². The van der Waals surface area contributed by atoms with Crippen LogP contribution in [0.15, 0.2) is 0 Å². The van der Waals surface area contributed by atoms with Gasteiger partial charge in [-0.1, -0.05) is 112 Å². The zero-order valence-electron chi connectivity index (χ0n) is 14.1. The lowest BCUT2D eigenvalue weighted by Crippen LogP contribution is -2.08. The molecular weight excluding hydrogens is 216 g/mol. The second-order valence-electron chi connectivity index (χ2n) is 5.33. The fourth-order valence-corrected chi connectivity index (χ4v) is 2.11. The van der Waals surface area contributed by atoms with Crippen LogP contribution in [0.3, 0.4) is 0 Å². The largest absolute Gasteiger partial charge is 0.0683 e. The summed E-state index contributed by atoms with van der Waals surface area (Å²) in [4.78, 5) is 0. The fraction of sp³-hybridized carbons (Fsp3) is 1.00. The molecule has 0 unspecified atom stereocenters. The minimum Gasteiger partial charge on any atom is -0.0683 e. The molecule has 1 saturated carbocycles. The van der Waals surface area contributed by atoms with Crippen LogP contribution in [-0.4, -0.2) is 0 Å². The van der Waals surface area contributed by atoms with E-state index in [0.29, 0.717) is 0 Å². The number of unbranched alkanes of at least 4 members (excludes halogenated alkanes) is 7. The highest BCUT2D eigenvalue weighted by Crippen LogP contribution is 2.28. The molecule has 0 heteroatoms. The predicted octanol–water partition coefficient (Wildman–Crippen LogP) is 7.37. The van der Waals surface area contributed by atoms with E-state index in [0.717, 1.165) is 5.92 Å². The molecule has 1 rings (SSSR count). The Hall–Kier alpha value is 0. The van der Waals surface area contributed by atoms with Gasteiger partial charge in [0.05, 0.1) is 0 Å². The Morgan fingerprint density at radius 3 is 1.22 bits per heavy atom. The second-order valence-corrected chi connectivity index (χ2v) is 5.33. The van der Waals surface area contributed by atoms with Crippen molar-refractivity contribution in [1.29, 1.82) is 0 Å². The van der Waals surface area contributed by atoms with E-state index in [1.54, 1.807) is 0 Å². The summed E-state index contributed by atoms with van der Waals surface area (Å²) in [5, 5.41) is 0. The molecule has 0 aliphatic heterocycles. The lowest BCUT2D eigenvalue weighted by molar-refractivity contribution is 0.307. The molecule has 0 nitrogen and oxygen atoms in total. The molecule has 0 radical (unpaired) electrons. The van der Waals surface area contributed by atoms with E-state index in [9.17, 15) is 0 Å². The molecule has 0 aromatic carbocycles. The van der Waals surface area contributed by atoms with Crippen molar-refractivity contribution in [2.24, 2.45) is 5.92 Å². The van der Waals surface area contributed by atoms with Crippen LogP contribution in [0.2, 0.25) is 0 Å². The quantitative estimate of drug-likeness (QED) is 0.398. The molecule has 112 valence electrons. The third-order valence-corrected chi connectivity index (χ3v) is 3.76. The van der Waals surface area contributed by atoms with Gasteiger partial charge in [-0.2, -0.15) is 0 Å². The molecule has 0 saturated heterocycles. The van der Waals surface area contributed by atoms with Crippen LogP contribution in [0.5, 0.6) is 0 Å². The average molecular weight is 257 g/mol. The van der Waals surface area contributed by atoms with Gasteiger partial charge < -0.3 is 0 Å². The highest BCUT2D eigenvalue weighted by Gasteiger charge is 2.13. The molecule has 0 amide bonds. The van der Waals surface area contributed by atoms with Crippen LogP contribution in [0.1, 0.15) is 112 Å². The third-order valence-electron chi connectivity index (χ3n) is 3.76. The second kappa shape index (κ2) is 19.3. The Labute approximate surface area is 118 Å². The van der Waals surface area contributed by atoms with E-state index in [1.807, 2.05) is 13.8 Å². The Morgan fingerprint density at radius 1 is 0.667 bits per heavy atom. The van der Waals surface area contributed by atoms with Gasteiger partial charge in [0, 0.05) is 0 Å². The molecule has 0 heterocycles. The van der Waals surface area contributed by atoms with Gasteiger partial charge in [-0.05, 0) is 5.92 Å². The maximum atomic E-state index is 2.28. The third kappa shape index (κ3) is 16.0. The molecule has 0 bridgehead atoms. The number of hydrogen-bond acceptors (Lipinski definition) is 0. The van der Waals surface area contributed by atoms with Crippen molar-refractivity contribution < 1.29 is 0 Å². The lowest BCUT2D eigenvalue weighted by Gasteiger charge is -2.22. The van der Waals surface area contributed by atoms with Crippen molar-refractivity contribution in [3.05, 3.63) is 0 Å². The van der Waals surface area contributed by atoms with E-state index < -0.39 is 0 Å². The Kier molecular flexibility index (Phi) is 21.8. The molecule has 0 N–H and O–H groups in total. The monoisotopic (exact) mass is 256 g/mol. The zero-order chi connectivity index (χ0) is 14.1. The molecule has 0 atom stereocenters. The van der Waals surface area contributed by atoms with Gasteiger partial charge in [-0.3, -0.25) is 0 Å². The van der Waals surface area contributed by atoms with Gasteiger partial charge in [-0.25, -0.2) is 0 Å². The van der Waals surface area contributed by atoms with Crippen molar-refractivity contribution in [2.45, 2.75) is 112 Å². The predicted molar refractivity (Wildman–Crippen MR) is 87.3 cm³/mol. The first kappa shape index (κ1) is 20.3. The van der Waals surface area contributed by atoms with Crippen molar-refractivity contribution in [3.8, 4) is 0 Å². The average Bonchev–Trinajstić information content (AvgIpc) is 2.36. The van der Waals surface area contributed by atoms with Crippen molar-refractivity contribution >= 4 is 0 Å². The minimum absolute atomic E-state index is 1.12. The van der Waals surface area contributed by atoms with E-state index in [4.69, 9.17) is 0 Å².